The molecule has 0 saturated carbocycles. The smallest absolute Gasteiger partial charge is 0.404 e. The van der Waals surface area contributed by atoms with Gasteiger partial charge < -0.3 is 42.0 Å². The molecule has 2 aromatic rings. The fraction of sp³-hybridized carbons (Fsp3) is 0.261. The molecule has 0 spiro atoms. The monoisotopic (exact) mass is 561 g/mol. The summed E-state index contributed by atoms with van der Waals surface area (Å²) in [4.78, 5) is 55.4. The van der Waals surface area contributed by atoms with Crippen LogP contribution in [0.25, 0.3) is 0 Å². The van der Waals surface area contributed by atoms with Gasteiger partial charge in [0, 0.05) is 42.9 Å². The summed E-state index contributed by atoms with van der Waals surface area (Å²) in [5.41, 5.74) is 9.31. The number of anilines is 2. The largest absolute Gasteiger partial charge is 0.494 e. The first-order chi connectivity index (χ1) is 19.0. The maximum absolute atomic E-state index is 11.7. The number of ether oxygens (including phenoxy) is 2. The van der Waals surface area contributed by atoms with Crippen molar-refractivity contribution in [2.75, 3.05) is 44.0 Å². The van der Waals surface area contributed by atoms with Gasteiger partial charge >= 0.3 is 6.09 Å². The molecule has 3 amide bonds. The number of carbonyl (C=O) groups excluding carboxylic acids is 2. The van der Waals surface area contributed by atoms with Gasteiger partial charge in [0.1, 0.15) is 11.5 Å². The number of nitro benzene ring substituents is 2. The number of nitrogens with one attached hydrogen (secondary N) is 3. The summed E-state index contributed by atoms with van der Waals surface area (Å²) in [6.07, 6.45) is 2.16. The van der Waals surface area contributed by atoms with Gasteiger partial charge in [-0.25, -0.2) is 4.79 Å². The normalized spacial score (nSPS) is 10.5. The van der Waals surface area contributed by atoms with Crippen LogP contribution < -0.4 is 36.9 Å². The third-order valence-electron chi connectivity index (χ3n) is 5.16. The average molecular weight is 562 g/mol. The number of carbonyl (C=O) groups is 3. The fourth-order valence-corrected chi connectivity index (χ4v) is 3.34. The Bertz CT molecular complexity index is 1330. The Morgan fingerprint density at radius 3 is 1.80 bits per heavy atom. The summed E-state index contributed by atoms with van der Waals surface area (Å²) < 4.78 is 10.7. The Morgan fingerprint density at radius 1 is 0.900 bits per heavy atom. The van der Waals surface area contributed by atoms with E-state index in [4.69, 9.17) is 26.0 Å². The van der Waals surface area contributed by atoms with Crippen LogP contribution in [0.5, 0.6) is 11.5 Å². The number of nitrogens with two attached hydrogens (primary N) is 2. The van der Waals surface area contributed by atoms with Crippen molar-refractivity contribution in [1.82, 2.24) is 5.32 Å². The zero-order valence-electron chi connectivity index (χ0n) is 21.2. The lowest BCUT2D eigenvalue weighted by atomic mass is 10.1. The third-order valence-corrected chi connectivity index (χ3v) is 5.16. The highest BCUT2D eigenvalue weighted by molar-refractivity contribution is 5.96. The molecule has 0 fully saturated rings. The molecule has 0 aliphatic rings. The molecule has 2 rings (SSSR count). The summed E-state index contributed by atoms with van der Waals surface area (Å²) in [6, 6.07) is 4.51. The summed E-state index contributed by atoms with van der Waals surface area (Å²) >= 11 is 0. The van der Waals surface area contributed by atoms with Gasteiger partial charge in [-0.05, 0) is 18.6 Å². The lowest BCUT2D eigenvalue weighted by Crippen LogP contribution is -2.23. The van der Waals surface area contributed by atoms with Gasteiger partial charge in [0.05, 0.1) is 23.6 Å². The van der Waals surface area contributed by atoms with Crippen LogP contribution >= 0.6 is 0 Å². The van der Waals surface area contributed by atoms with Crippen molar-refractivity contribution in [1.29, 1.82) is 0 Å². The van der Waals surface area contributed by atoms with E-state index >= 15 is 0 Å². The van der Waals surface area contributed by atoms with E-state index in [1.165, 1.54) is 19.2 Å². The molecule has 214 valence electrons. The minimum absolute atomic E-state index is 0.0147. The summed E-state index contributed by atoms with van der Waals surface area (Å²) in [5.74, 6) is -1.79. The van der Waals surface area contributed by atoms with Gasteiger partial charge in [-0.15, -0.1) is 0 Å². The minimum Gasteiger partial charge on any atom is -0.494 e. The molecule has 0 aliphatic heterocycles. The highest BCUT2D eigenvalue weighted by Gasteiger charge is 2.23. The number of carboxylic acid groups (broad SMARTS) is 1. The van der Waals surface area contributed by atoms with Crippen molar-refractivity contribution in [3.63, 3.8) is 0 Å². The summed E-state index contributed by atoms with van der Waals surface area (Å²) in [6.45, 7) is 0.148. The second kappa shape index (κ2) is 14.4. The molecule has 0 aliphatic carbocycles. The van der Waals surface area contributed by atoms with Crippen molar-refractivity contribution in [3.05, 3.63) is 67.8 Å². The van der Waals surface area contributed by atoms with E-state index in [0.717, 1.165) is 12.1 Å². The fourth-order valence-electron chi connectivity index (χ4n) is 3.34. The number of nitro groups is 2. The standard InChI is InChI=1S/C23H27N7O10/c1-39-17-11-13(21(24)31)9-15(29(35)36)19(17)26-5-2-3-6-27-20-16(30(37)38)10-14(22(25)32)12-18(20)40-8-4-7-28-23(33)34/h2-3,9-12,26-28H,4-8H2,1H3,(H2,24,31)(H2,25,32)(H,33,34)/b3-2+. The maximum Gasteiger partial charge on any atom is 0.404 e. The molecule has 2 aromatic carbocycles. The predicted octanol–water partition coefficient (Wildman–Crippen LogP) is 1.83. The van der Waals surface area contributed by atoms with Gasteiger partial charge in [-0.1, -0.05) is 12.2 Å². The molecule has 17 nitrogen and oxygen atoms in total. The molecule has 0 radical (unpaired) electrons. The second-order valence-corrected chi connectivity index (χ2v) is 7.85. The summed E-state index contributed by atoms with van der Waals surface area (Å²) in [5, 5.41) is 39.6. The van der Waals surface area contributed by atoms with Crippen LogP contribution in [0.4, 0.5) is 27.5 Å². The Labute approximate surface area is 226 Å². The lowest BCUT2D eigenvalue weighted by Gasteiger charge is -2.14. The molecular weight excluding hydrogens is 534 g/mol. The SMILES string of the molecule is COc1cc(C(N)=O)cc([N+](=O)[O-])c1NC/C=C/CNc1c(OCCCNC(=O)O)cc(C(N)=O)cc1[N+](=O)[O-]. The Hall–Kier alpha value is -5.61. The molecule has 0 bridgehead atoms. The van der Waals surface area contributed by atoms with Crippen molar-refractivity contribution in [3.8, 4) is 11.5 Å². The number of benzene rings is 2. The quantitative estimate of drug-likeness (QED) is 0.0741. The Balaban J connectivity index is 2.17. The van der Waals surface area contributed by atoms with Crippen LogP contribution in [0.3, 0.4) is 0 Å². The molecule has 40 heavy (non-hydrogen) atoms. The zero-order valence-corrected chi connectivity index (χ0v) is 21.2. The first-order valence-corrected chi connectivity index (χ1v) is 11.5. The van der Waals surface area contributed by atoms with Gasteiger partial charge in [0.2, 0.25) is 11.8 Å². The summed E-state index contributed by atoms with van der Waals surface area (Å²) in [7, 11) is 1.27. The van der Waals surface area contributed by atoms with E-state index in [2.05, 4.69) is 16.0 Å². The van der Waals surface area contributed by atoms with Crippen LogP contribution in [-0.2, 0) is 0 Å². The number of nitrogens with zero attached hydrogens (tertiary/aromatic N) is 2. The first kappa shape index (κ1) is 30.6. The van der Waals surface area contributed by atoms with Gasteiger partial charge in [-0.3, -0.25) is 29.8 Å². The number of rotatable bonds is 16. The molecular formula is C23H27N7O10. The number of methoxy groups -OCH3 is 1. The molecule has 0 heterocycles. The minimum atomic E-state index is -1.22. The van der Waals surface area contributed by atoms with Gasteiger partial charge in [-0.2, -0.15) is 0 Å². The topological polar surface area (TPSA) is 264 Å². The average Bonchev–Trinajstić information content (AvgIpc) is 2.89. The van der Waals surface area contributed by atoms with E-state index in [1.807, 2.05) is 0 Å². The van der Waals surface area contributed by atoms with Crippen molar-refractivity contribution in [2.45, 2.75) is 6.42 Å². The van der Waals surface area contributed by atoms with Crippen molar-refractivity contribution >= 4 is 40.7 Å². The second-order valence-electron chi connectivity index (χ2n) is 7.85. The van der Waals surface area contributed by atoms with E-state index in [9.17, 15) is 34.6 Å². The van der Waals surface area contributed by atoms with Gasteiger partial charge in [0.15, 0.2) is 11.4 Å². The number of hydrogen-bond donors (Lipinski definition) is 6. The molecule has 0 saturated heterocycles. The highest BCUT2D eigenvalue weighted by atomic mass is 16.6. The van der Waals surface area contributed by atoms with Gasteiger partial charge in [0.25, 0.3) is 11.4 Å². The first-order valence-electron chi connectivity index (χ1n) is 11.5. The van der Waals surface area contributed by atoms with E-state index < -0.39 is 39.1 Å². The Morgan fingerprint density at radius 2 is 1.38 bits per heavy atom. The number of primary amides is 2. The molecule has 0 aromatic heterocycles. The maximum atomic E-state index is 11.7. The van der Waals surface area contributed by atoms with E-state index in [-0.39, 0.29) is 66.7 Å². The van der Waals surface area contributed by atoms with Crippen molar-refractivity contribution < 1.29 is 38.8 Å². The lowest BCUT2D eigenvalue weighted by molar-refractivity contribution is -0.384. The van der Waals surface area contributed by atoms with Crippen molar-refractivity contribution in [2.24, 2.45) is 11.5 Å². The molecule has 8 N–H and O–H groups in total. The zero-order chi connectivity index (χ0) is 29.8. The predicted molar refractivity (Wildman–Crippen MR) is 142 cm³/mol. The third kappa shape index (κ3) is 8.47. The van der Waals surface area contributed by atoms with Crippen LogP contribution in [0.15, 0.2) is 36.4 Å². The molecule has 0 unspecified atom stereocenters. The van der Waals surface area contributed by atoms with Crippen LogP contribution in [0.1, 0.15) is 27.1 Å². The van der Waals surface area contributed by atoms with Crippen LogP contribution in [0, 0.1) is 20.2 Å². The van der Waals surface area contributed by atoms with E-state index in [1.54, 1.807) is 12.2 Å². The number of amides is 3. The molecule has 0 atom stereocenters. The number of hydrogen-bond acceptors (Lipinski definition) is 11. The van der Waals surface area contributed by atoms with E-state index in [0.29, 0.717) is 0 Å². The van der Waals surface area contributed by atoms with Crippen LogP contribution in [0.2, 0.25) is 0 Å². The Kier molecular flexibility index (Phi) is 11.0. The van der Waals surface area contributed by atoms with Crippen LogP contribution in [-0.4, -0.2) is 66.2 Å². The molecule has 17 heteroatoms. The highest BCUT2D eigenvalue weighted by Crippen LogP contribution is 2.37.